The highest BCUT2D eigenvalue weighted by Gasteiger charge is 2.05. The number of carbonyl (C=O) groups excluding carboxylic acids is 1. The molecule has 4 N–H and O–H groups in total. The third-order valence-electron chi connectivity index (χ3n) is 4.04. The summed E-state index contributed by atoms with van der Waals surface area (Å²) >= 11 is 0. The molecular formula is C19H24N2O3. The summed E-state index contributed by atoms with van der Waals surface area (Å²) in [5, 5.41) is 18.8. The van der Waals surface area contributed by atoms with E-state index in [0.29, 0.717) is 5.56 Å². The van der Waals surface area contributed by atoms with Crippen molar-refractivity contribution < 1.29 is 15.0 Å². The molecule has 0 heterocycles. The van der Waals surface area contributed by atoms with Crippen molar-refractivity contribution in [3.8, 4) is 11.5 Å². The Bertz CT molecular complexity index is 701. The number of primary amides is 1. The largest absolute Gasteiger partial charge is 0.504 e. The first kappa shape index (κ1) is 17.8. The van der Waals surface area contributed by atoms with Gasteiger partial charge in [-0.15, -0.1) is 0 Å². The fourth-order valence-electron chi connectivity index (χ4n) is 2.59. The van der Waals surface area contributed by atoms with E-state index < -0.39 is 5.91 Å². The number of phenols is 2. The molecule has 0 bridgehead atoms. The lowest BCUT2D eigenvalue weighted by atomic mass is 10.1. The normalized spacial score (nSPS) is 10.9. The Balaban J connectivity index is 1.75. The molecule has 0 aliphatic carbocycles. The van der Waals surface area contributed by atoms with Crippen LogP contribution in [0.5, 0.6) is 11.5 Å². The highest BCUT2D eigenvalue weighted by atomic mass is 16.3. The van der Waals surface area contributed by atoms with Crippen LogP contribution < -0.4 is 5.73 Å². The third-order valence-corrected chi connectivity index (χ3v) is 4.04. The molecule has 5 nitrogen and oxygen atoms in total. The van der Waals surface area contributed by atoms with E-state index >= 15 is 0 Å². The Morgan fingerprint density at radius 2 is 1.75 bits per heavy atom. The lowest BCUT2D eigenvalue weighted by molar-refractivity contribution is 0.1000. The Labute approximate surface area is 142 Å². The van der Waals surface area contributed by atoms with Gasteiger partial charge in [-0.3, -0.25) is 4.79 Å². The molecule has 0 spiro atoms. The van der Waals surface area contributed by atoms with Gasteiger partial charge in [-0.05, 0) is 68.2 Å². The first-order chi connectivity index (χ1) is 11.5. The molecule has 0 saturated carbocycles. The van der Waals surface area contributed by atoms with Gasteiger partial charge in [0.05, 0.1) is 0 Å². The standard InChI is InChI=1S/C19H24N2O3/c1-21(11-9-15-7-8-17(22)18(23)13-15)10-3-5-14-4-2-6-16(12-14)19(20)24/h2,4,6-8,12-13,22-23H,3,5,9-11H2,1H3,(H2,20,24). The minimum absolute atomic E-state index is 0.0792. The number of nitrogens with two attached hydrogens (primary N) is 1. The molecule has 1 amide bonds. The van der Waals surface area contributed by atoms with Gasteiger partial charge in [0.2, 0.25) is 5.91 Å². The molecule has 2 aromatic rings. The zero-order valence-electron chi connectivity index (χ0n) is 13.9. The Morgan fingerprint density at radius 3 is 2.46 bits per heavy atom. The zero-order chi connectivity index (χ0) is 17.5. The van der Waals surface area contributed by atoms with Crippen LogP contribution in [-0.4, -0.2) is 41.2 Å². The van der Waals surface area contributed by atoms with Crippen LogP contribution in [-0.2, 0) is 12.8 Å². The van der Waals surface area contributed by atoms with Gasteiger partial charge in [0.25, 0.3) is 0 Å². The van der Waals surface area contributed by atoms with Crippen molar-refractivity contribution in [2.24, 2.45) is 5.73 Å². The topological polar surface area (TPSA) is 86.8 Å². The summed E-state index contributed by atoms with van der Waals surface area (Å²) in [7, 11) is 2.06. The van der Waals surface area contributed by atoms with E-state index in [9.17, 15) is 15.0 Å². The zero-order valence-corrected chi connectivity index (χ0v) is 13.9. The molecule has 0 radical (unpaired) electrons. The SMILES string of the molecule is CN(CCCc1cccc(C(N)=O)c1)CCc1ccc(O)c(O)c1. The van der Waals surface area contributed by atoms with Crippen molar-refractivity contribution >= 4 is 5.91 Å². The maximum atomic E-state index is 11.2. The molecule has 5 heteroatoms. The van der Waals surface area contributed by atoms with Crippen LogP contribution in [0.15, 0.2) is 42.5 Å². The lowest BCUT2D eigenvalue weighted by Gasteiger charge is -2.16. The fraction of sp³-hybridized carbons (Fsp3) is 0.316. The van der Waals surface area contributed by atoms with Crippen LogP contribution in [0.25, 0.3) is 0 Å². The van der Waals surface area contributed by atoms with Crippen molar-refractivity contribution in [1.82, 2.24) is 4.90 Å². The van der Waals surface area contributed by atoms with Gasteiger partial charge in [-0.1, -0.05) is 18.2 Å². The average Bonchev–Trinajstić information content (AvgIpc) is 2.56. The molecule has 0 aromatic heterocycles. The van der Waals surface area contributed by atoms with E-state index in [1.54, 1.807) is 12.1 Å². The lowest BCUT2D eigenvalue weighted by Crippen LogP contribution is -2.22. The molecule has 0 saturated heterocycles. The third kappa shape index (κ3) is 5.28. The molecule has 2 aromatic carbocycles. The van der Waals surface area contributed by atoms with Crippen LogP contribution in [0.3, 0.4) is 0 Å². The molecule has 0 atom stereocenters. The van der Waals surface area contributed by atoms with Gasteiger partial charge >= 0.3 is 0 Å². The van der Waals surface area contributed by atoms with Crippen molar-refractivity contribution in [1.29, 1.82) is 0 Å². The van der Waals surface area contributed by atoms with Gasteiger partial charge in [0, 0.05) is 12.1 Å². The Morgan fingerprint density at radius 1 is 1.00 bits per heavy atom. The van der Waals surface area contributed by atoms with Crippen molar-refractivity contribution in [3.63, 3.8) is 0 Å². The Hall–Kier alpha value is -2.53. The van der Waals surface area contributed by atoms with Gasteiger partial charge in [-0.2, -0.15) is 0 Å². The van der Waals surface area contributed by atoms with Gasteiger partial charge in [-0.25, -0.2) is 0 Å². The number of aryl methyl sites for hydroxylation is 1. The Kier molecular flexibility index (Phi) is 6.21. The smallest absolute Gasteiger partial charge is 0.248 e. The van der Waals surface area contributed by atoms with E-state index in [2.05, 4.69) is 11.9 Å². The molecule has 0 fully saturated rings. The first-order valence-electron chi connectivity index (χ1n) is 8.04. The summed E-state index contributed by atoms with van der Waals surface area (Å²) in [6.45, 7) is 1.80. The van der Waals surface area contributed by atoms with Crippen LogP contribution in [0.1, 0.15) is 27.9 Å². The van der Waals surface area contributed by atoms with Crippen molar-refractivity contribution in [2.75, 3.05) is 20.1 Å². The van der Waals surface area contributed by atoms with Crippen LogP contribution >= 0.6 is 0 Å². The maximum Gasteiger partial charge on any atom is 0.248 e. The second-order valence-electron chi connectivity index (χ2n) is 6.04. The van der Waals surface area contributed by atoms with E-state index in [1.165, 1.54) is 6.07 Å². The summed E-state index contributed by atoms with van der Waals surface area (Å²) in [6.07, 6.45) is 2.69. The van der Waals surface area contributed by atoms with E-state index in [-0.39, 0.29) is 11.5 Å². The highest BCUT2D eigenvalue weighted by molar-refractivity contribution is 5.92. The van der Waals surface area contributed by atoms with E-state index in [0.717, 1.165) is 43.5 Å². The predicted octanol–water partition coefficient (Wildman–Crippen LogP) is 2.30. The average molecular weight is 328 g/mol. The molecule has 0 aliphatic heterocycles. The molecular weight excluding hydrogens is 304 g/mol. The number of phenolic OH excluding ortho intramolecular Hbond substituents is 2. The summed E-state index contributed by atoms with van der Waals surface area (Å²) in [5.74, 6) is -0.569. The van der Waals surface area contributed by atoms with Crippen LogP contribution in [0.2, 0.25) is 0 Å². The molecule has 2 rings (SSSR count). The minimum atomic E-state index is -0.397. The van der Waals surface area contributed by atoms with Crippen LogP contribution in [0, 0.1) is 0 Å². The summed E-state index contributed by atoms with van der Waals surface area (Å²) in [5.41, 5.74) is 7.95. The number of likely N-dealkylation sites (N-methyl/N-ethyl adjacent to an activating group) is 1. The molecule has 128 valence electrons. The van der Waals surface area contributed by atoms with Crippen molar-refractivity contribution in [3.05, 3.63) is 59.2 Å². The molecule has 24 heavy (non-hydrogen) atoms. The number of benzene rings is 2. The number of aromatic hydroxyl groups is 2. The molecule has 0 unspecified atom stereocenters. The second-order valence-corrected chi connectivity index (χ2v) is 6.04. The quantitative estimate of drug-likeness (QED) is 0.649. The number of carbonyl (C=O) groups is 1. The number of amides is 1. The van der Waals surface area contributed by atoms with Gasteiger partial charge in [0.15, 0.2) is 11.5 Å². The monoisotopic (exact) mass is 328 g/mol. The van der Waals surface area contributed by atoms with Crippen LogP contribution in [0.4, 0.5) is 0 Å². The van der Waals surface area contributed by atoms with Crippen molar-refractivity contribution in [2.45, 2.75) is 19.3 Å². The fourth-order valence-corrected chi connectivity index (χ4v) is 2.59. The highest BCUT2D eigenvalue weighted by Crippen LogP contribution is 2.25. The van der Waals surface area contributed by atoms with E-state index in [4.69, 9.17) is 5.73 Å². The van der Waals surface area contributed by atoms with Gasteiger partial charge in [0.1, 0.15) is 0 Å². The summed E-state index contributed by atoms with van der Waals surface area (Å²) in [4.78, 5) is 13.4. The summed E-state index contributed by atoms with van der Waals surface area (Å²) in [6, 6.07) is 12.4. The first-order valence-corrected chi connectivity index (χ1v) is 8.04. The molecule has 0 aliphatic rings. The predicted molar refractivity (Wildman–Crippen MR) is 94.3 cm³/mol. The van der Waals surface area contributed by atoms with Gasteiger partial charge < -0.3 is 20.8 Å². The number of hydrogen-bond donors (Lipinski definition) is 3. The number of hydrogen-bond acceptors (Lipinski definition) is 4. The van der Waals surface area contributed by atoms with E-state index in [1.807, 2.05) is 24.3 Å². The minimum Gasteiger partial charge on any atom is -0.504 e. The maximum absolute atomic E-state index is 11.2. The summed E-state index contributed by atoms with van der Waals surface area (Å²) < 4.78 is 0. The number of rotatable bonds is 8. The number of nitrogens with zero attached hydrogens (tertiary/aromatic N) is 1. The second kappa shape index (κ2) is 8.36.